The van der Waals surface area contributed by atoms with Gasteiger partial charge in [0.05, 0.1) is 11.1 Å². The molecule has 0 saturated heterocycles. The van der Waals surface area contributed by atoms with Gasteiger partial charge in [0.2, 0.25) is 5.78 Å². The number of hydrogen-bond acceptors (Lipinski definition) is 5. The normalized spacial score (nSPS) is 10.5. The first kappa shape index (κ1) is 26.4. The largest absolute Gasteiger partial charge is 0.457 e. The second kappa shape index (κ2) is 12.6. The van der Waals surface area contributed by atoms with Crippen molar-refractivity contribution in [2.45, 2.75) is 0 Å². The predicted octanol–water partition coefficient (Wildman–Crippen LogP) is 10.1. The lowest BCUT2D eigenvalue weighted by Crippen LogP contribution is -2.06. The van der Waals surface area contributed by atoms with Crippen molar-refractivity contribution in [2.24, 2.45) is 0 Å². The van der Waals surface area contributed by atoms with E-state index in [1.54, 1.807) is 36.4 Å². The number of hydrogen-bond donors (Lipinski definition) is 0. The van der Waals surface area contributed by atoms with Crippen LogP contribution in [0.25, 0.3) is 0 Å². The molecule has 0 unspecified atom stereocenters. The highest BCUT2D eigenvalue weighted by Gasteiger charge is 2.22. The van der Waals surface area contributed by atoms with Crippen LogP contribution < -0.4 is 18.9 Å². The molecule has 0 atom stereocenters. The van der Waals surface area contributed by atoms with Gasteiger partial charge in [-0.3, -0.25) is 4.79 Å². The number of ketones is 1. The highest BCUT2D eigenvalue weighted by atomic mass is 16.5. The number of carbonyl (C=O) groups excluding carboxylic acids is 1. The van der Waals surface area contributed by atoms with Crippen molar-refractivity contribution < 1.29 is 23.7 Å². The molecule has 204 valence electrons. The minimum Gasteiger partial charge on any atom is -0.457 e. The molecule has 5 nitrogen and oxygen atoms in total. The second-order valence-electron chi connectivity index (χ2n) is 9.31. The van der Waals surface area contributed by atoms with E-state index in [2.05, 4.69) is 0 Å². The van der Waals surface area contributed by atoms with E-state index in [0.717, 1.165) is 0 Å². The standard InChI is InChI=1S/C37H26O5/c38-37(33-23-21-31(39-27-13-5-1-6-14-27)25-35(33)41-29-17-9-3-10-18-29)34-24-22-32(40-28-15-7-2-8-16-28)26-36(34)42-30-19-11-4-12-20-30/h1-26H. The topological polar surface area (TPSA) is 54.0 Å². The Balaban J connectivity index is 1.38. The van der Waals surface area contributed by atoms with E-state index < -0.39 is 0 Å². The summed E-state index contributed by atoms with van der Waals surface area (Å²) < 4.78 is 24.5. The summed E-state index contributed by atoms with van der Waals surface area (Å²) in [6.45, 7) is 0. The third kappa shape index (κ3) is 6.49. The van der Waals surface area contributed by atoms with E-state index in [-0.39, 0.29) is 5.78 Å². The first-order valence-electron chi connectivity index (χ1n) is 13.5. The maximum Gasteiger partial charge on any atom is 0.200 e. The summed E-state index contributed by atoms with van der Waals surface area (Å²) in [6, 6.07) is 47.9. The maximum atomic E-state index is 14.2. The van der Waals surface area contributed by atoms with Gasteiger partial charge in [0.15, 0.2) is 0 Å². The molecule has 0 amide bonds. The van der Waals surface area contributed by atoms with Crippen LogP contribution in [-0.2, 0) is 0 Å². The number of para-hydroxylation sites is 4. The van der Waals surface area contributed by atoms with E-state index in [9.17, 15) is 4.79 Å². The molecular weight excluding hydrogens is 524 g/mol. The van der Waals surface area contributed by atoms with E-state index in [0.29, 0.717) is 57.1 Å². The van der Waals surface area contributed by atoms with Gasteiger partial charge in [0, 0.05) is 12.1 Å². The summed E-state index contributed by atoms with van der Waals surface area (Å²) in [5.74, 6) is 4.05. The molecule has 5 heteroatoms. The van der Waals surface area contributed by atoms with Crippen molar-refractivity contribution in [1.29, 1.82) is 0 Å². The molecule has 0 heterocycles. The lowest BCUT2D eigenvalue weighted by molar-refractivity contribution is 0.103. The van der Waals surface area contributed by atoms with E-state index in [4.69, 9.17) is 18.9 Å². The van der Waals surface area contributed by atoms with Crippen LogP contribution in [0.15, 0.2) is 158 Å². The summed E-state index contributed by atoms with van der Waals surface area (Å²) in [4.78, 5) is 14.2. The van der Waals surface area contributed by atoms with Crippen LogP contribution in [-0.4, -0.2) is 5.78 Å². The highest BCUT2D eigenvalue weighted by molar-refractivity contribution is 6.12. The molecule has 6 aromatic rings. The third-order valence-corrected chi connectivity index (χ3v) is 6.30. The van der Waals surface area contributed by atoms with Gasteiger partial charge in [-0.05, 0) is 72.8 Å². The van der Waals surface area contributed by atoms with Gasteiger partial charge < -0.3 is 18.9 Å². The van der Waals surface area contributed by atoms with Gasteiger partial charge >= 0.3 is 0 Å². The lowest BCUT2D eigenvalue weighted by Gasteiger charge is -2.16. The van der Waals surface area contributed by atoms with Gasteiger partial charge in [-0.2, -0.15) is 0 Å². The fraction of sp³-hybridized carbons (Fsp3) is 0. The summed E-state index contributed by atoms with van der Waals surface area (Å²) in [7, 11) is 0. The van der Waals surface area contributed by atoms with Crippen molar-refractivity contribution >= 4 is 5.78 Å². The second-order valence-corrected chi connectivity index (χ2v) is 9.31. The molecule has 0 fully saturated rings. The van der Waals surface area contributed by atoms with Crippen molar-refractivity contribution in [2.75, 3.05) is 0 Å². The third-order valence-electron chi connectivity index (χ3n) is 6.30. The lowest BCUT2D eigenvalue weighted by atomic mass is 10.0. The molecule has 42 heavy (non-hydrogen) atoms. The maximum absolute atomic E-state index is 14.2. The molecule has 0 aliphatic rings. The van der Waals surface area contributed by atoms with Gasteiger partial charge in [0.1, 0.15) is 46.0 Å². The zero-order chi connectivity index (χ0) is 28.6. The number of rotatable bonds is 10. The predicted molar refractivity (Wildman–Crippen MR) is 162 cm³/mol. The smallest absolute Gasteiger partial charge is 0.200 e. The Labute approximate surface area is 244 Å². The van der Waals surface area contributed by atoms with Crippen molar-refractivity contribution in [3.63, 3.8) is 0 Å². The fourth-order valence-corrected chi connectivity index (χ4v) is 4.30. The zero-order valence-corrected chi connectivity index (χ0v) is 22.6. The summed E-state index contributed by atoms with van der Waals surface area (Å²) in [6.07, 6.45) is 0. The molecule has 0 bridgehead atoms. The summed E-state index contributed by atoms with van der Waals surface area (Å²) in [5, 5.41) is 0. The zero-order valence-electron chi connectivity index (χ0n) is 22.6. The van der Waals surface area contributed by atoms with Crippen LogP contribution in [0.2, 0.25) is 0 Å². The fourth-order valence-electron chi connectivity index (χ4n) is 4.30. The monoisotopic (exact) mass is 550 g/mol. The van der Waals surface area contributed by atoms with Gasteiger partial charge in [-0.15, -0.1) is 0 Å². The van der Waals surface area contributed by atoms with Crippen LogP contribution >= 0.6 is 0 Å². The summed E-state index contributed by atoms with van der Waals surface area (Å²) in [5.41, 5.74) is 0.711. The Hall–Kier alpha value is -5.81. The van der Waals surface area contributed by atoms with Crippen molar-refractivity contribution in [3.8, 4) is 46.0 Å². The molecule has 0 radical (unpaired) electrons. The molecule has 0 saturated carbocycles. The Bertz CT molecular complexity index is 1640. The Kier molecular flexibility index (Phi) is 7.91. The quantitative estimate of drug-likeness (QED) is 0.159. The van der Waals surface area contributed by atoms with Crippen LogP contribution in [0.5, 0.6) is 46.0 Å². The summed E-state index contributed by atoms with van der Waals surface area (Å²) >= 11 is 0. The molecule has 6 aromatic carbocycles. The van der Waals surface area contributed by atoms with E-state index in [1.165, 1.54) is 0 Å². The number of benzene rings is 6. The minimum atomic E-state index is -0.274. The van der Waals surface area contributed by atoms with Crippen LogP contribution in [0.4, 0.5) is 0 Å². The van der Waals surface area contributed by atoms with Gasteiger partial charge in [0.25, 0.3) is 0 Å². The van der Waals surface area contributed by atoms with Gasteiger partial charge in [-0.1, -0.05) is 72.8 Å². The molecule has 0 spiro atoms. The molecule has 0 aliphatic carbocycles. The highest BCUT2D eigenvalue weighted by Crippen LogP contribution is 2.37. The molecule has 0 N–H and O–H groups in total. The molecule has 0 aliphatic heterocycles. The van der Waals surface area contributed by atoms with Crippen LogP contribution in [0, 0.1) is 0 Å². The molecule has 0 aromatic heterocycles. The minimum absolute atomic E-state index is 0.274. The first-order valence-corrected chi connectivity index (χ1v) is 13.5. The molecular formula is C37H26O5. The van der Waals surface area contributed by atoms with Crippen molar-refractivity contribution in [3.05, 3.63) is 169 Å². The molecule has 6 rings (SSSR count). The van der Waals surface area contributed by atoms with Crippen molar-refractivity contribution in [1.82, 2.24) is 0 Å². The Morgan fingerprint density at radius 2 is 0.643 bits per heavy atom. The van der Waals surface area contributed by atoms with Crippen LogP contribution in [0.1, 0.15) is 15.9 Å². The Morgan fingerprint density at radius 3 is 0.976 bits per heavy atom. The van der Waals surface area contributed by atoms with E-state index in [1.807, 2.05) is 121 Å². The van der Waals surface area contributed by atoms with Gasteiger partial charge in [-0.25, -0.2) is 0 Å². The first-order chi connectivity index (χ1) is 20.7. The van der Waals surface area contributed by atoms with E-state index >= 15 is 0 Å². The average Bonchev–Trinajstić information content (AvgIpc) is 3.03. The number of carbonyl (C=O) groups is 1. The SMILES string of the molecule is O=C(c1ccc(Oc2ccccc2)cc1Oc1ccccc1)c1ccc(Oc2ccccc2)cc1Oc1ccccc1. The Morgan fingerprint density at radius 1 is 0.333 bits per heavy atom. The average molecular weight is 551 g/mol. The van der Waals surface area contributed by atoms with Crippen LogP contribution in [0.3, 0.4) is 0 Å². The number of ether oxygens (including phenoxy) is 4.